The maximum absolute atomic E-state index is 4.31. The highest BCUT2D eigenvalue weighted by Gasteiger charge is 2.24. The highest BCUT2D eigenvalue weighted by Crippen LogP contribution is 2.34. The van der Waals surface area contributed by atoms with E-state index < -0.39 is 0 Å². The Morgan fingerprint density at radius 3 is 2.59 bits per heavy atom. The van der Waals surface area contributed by atoms with E-state index in [9.17, 15) is 0 Å². The van der Waals surface area contributed by atoms with E-state index in [1.165, 1.54) is 54.9 Å². The average Bonchev–Trinajstić information content (AvgIpc) is 2.69. The van der Waals surface area contributed by atoms with Crippen LogP contribution in [0.25, 0.3) is 0 Å². The first-order valence-corrected chi connectivity index (χ1v) is 10.0. The van der Waals surface area contributed by atoms with Gasteiger partial charge in [-0.25, -0.2) is 0 Å². The first kappa shape index (κ1) is 17.9. The van der Waals surface area contributed by atoms with Gasteiger partial charge in [0.05, 0.1) is 0 Å². The van der Waals surface area contributed by atoms with Crippen LogP contribution in [0, 0.1) is 0 Å². The van der Waals surface area contributed by atoms with Crippen molar-refractivity contribution in [3.8, 4) is 0 Å². The molecule has 1 aromatic rings. The van der Waals surface area contributed by atoms with Crippen LogP contribution in [0.1, 0.15) is 32.6 Å². The summed E-state index contributed by atoms with van der Waals surface area (Å²) < 4.78 is 0. The lowest BCUT2D eigenvalue weighted by Gasteiger charge is -2.32. The third-order valence-corrected chi connectivity index (χ3v) is 5.83. The lowest BCUT2D eigenvalue weighted by molar-refractivity contribution is 0.578. The molecule has 3 aliphatic heterocycles. The fourth-order valence-electron chi connectivity index (χ4n) is 4.39. The summed E-state index contributed by atoms with van der Waals surface area (Å²) in [5.41, 5.74) is 9.27. The van der Waals surface area contributed by atoms with Crippen LogP contribution in [0.2, 0.25) is 0 Å². The summed E-state index contributed by atoms with van der Waals surface area (Å²) in [6.45, 7) is 15.0. The molecule has 0 amide bonds. The largest absolute Gasteiger partial charge is 0.372 e. The quantitative estimate of drug-likeness (QED) is 0.747. The number of benzene rings is 1. The highest BCUT2D eigenvalue weighted by atomic mass is 15.1. The topological polar surface area (TPSA) is 39.3 Å². The molecule has 4 rings (SSSR count). The van der Waals surface area contributed by atoms with Crippen LogP contribution in [-0.4, -0.2) is 26.2 Å². The minimum Gasteiger partial charge on any atom is -0.372 e. The number of nitrogens with one attached hydrogen (secondary N) is 3. The van der Waals surface area contributed by atoms with Crippen molar-refractivity contribution in [2.45, 2.75) is 32.6 Å². The number of allylic oxidation sites excluding steroid dienone is 1. The minimum atomic E-state index is 0.886. The molecule has 1 saturated heterocycles. The molecule has 0 aromatic heterocycles. The van der Waals surface area contributed by atoms with Crippen molar-refractivity contribution < 1.29 is 0 Å². The van der Waals surface area contributed by atoms with Crippen molar-refractivity contribution in [3.05, 3.63) is 71.2 Å². The van der Waals surface area contributed by atoms with Crippen LogP contribution in [0.5, 0.6) is 0 Å². The van der Waals surface area contributed by atoms with Crippen LogP contribution >= 0.6 is 0 Å². The van der Waals surface area contributed by atoms with Crippen molar-refractivity contribution in [3.63, 3.8) is 0 Å². The van der Waals surface area contributed by atoms with Gasteiger partial charge in [0.15, 0.2) is 0 Å². The number of anilines is 2. The van der Waals surface area contributed by atoms with Gasteiger partial charge in [-0.15, -0.1) is 0 Å². The van der Waals surface area contributed by atoms with Crippen LogP contribution in [0.3, 0.4) is 0 Å². The van der Waals surface area contributed by atoms with Gasteiger partial charge < -0.3 is 20.9 Å². The molecule has 3 aliphatic rings. The smallest absolute Gasteiger partial charge is 0.0408 e. The van der Waals surface area contributed by atoms with Gasteiger partial charge in [0, 0.05) is 53.7 Å². The molecule has 4 nitrogen and oxygen atoms in total. The molecular formula is C23H30N4. The Hall–Kier alpha value is -2.46. The van der Waals surface area contributed by atoms with E-state index in [1.807, 2.05) is 0 Å². The molecule has 0 unspecified atom stereocenters. The Kier molecular flexibility index (Phi) is 5.08. The summed E-state index contributed by atoms with van der Waals surface area (Å²) in [7, 11) is 0. The number of rotatable bonds is 4. The van der Waals surface area contributed by atoms with E-state index in [0.29, 0.717) is 0 Å². The van der Waals surface area contributed by atoms with E-state index in [-0.39, 0.29) is 0 Å². The molecule has 1 fully saturated rings. The average molecular weight is 363 g/mol. The zero-order valence-electron chi connectivity index (χ0n) is 16.3. The Labute approximate surface area is 162 Å². The molecule has 0 aliphatic carbocycles. The summed E-state index contributed by atoms with van der Waals surface area (Å²) in [4.78, 5) is 2.48. The Morgan fingerprint density at radius 2 is 1.85 bits per heavy atom. The van der Waals surface area contributed by atoms with Gasteiger partial charge in [0.25, 0.3) is 0 Å². The Morgan fingerprint density at radius 1 is 1.11 bits per heavy atom. The summed E-state index contributed by atoms with van der Waals surface area (Å²) in [5, 5.41) is 10.4. The lowest BCUT2D eigenvalue weighted by Crippen LogP contribution is -2.35. The number of hydrogen-bond acceptors (Lipinski definition) is 4. The molecule has 4 heteroatoms. The number of hydrogen-bond donors (Lipinski definition) is 3. The third-order valence-electron chi connectivity index (χ3n) is 5.83. The maximum Gasteiger partial charge on any atom is 0.0408 e. The summed E-state index contributed by atoms with van der Waals surface area (Å²) in [6.07, 6.45) is 5.00. The minimum absolute atomic E-state index is 0.886. The molecule has 0 atom stereocenters. The molecule has 0 saturated carbocycles. The second kappa shape index (κ2) is 7.65. The van der Waals surface area contributed by atoms with E-state index in [1.54, 1.807) is 0 Å². The monoisotopic (exact) mass is 362 g/mol. The van der Waals surface area contributed by atoms with Crippen molar-refractivity contribution in [1.29, 1.82) is 0 Å². The number of nitrogens with zero attached hydrogens (tertiary/aromatic N) is 1. The summed E-state index contributed by atoms with van der Waals surface area (Å²) >= 11 is 0. The van der Waals surface area contributed by atoms with E-state index in [0.717, 1.165) is 42.2 Å². The summed E-state index contributed by atoms with van der Waals surface area (Å²) in [5.74, 6) is 0. The predicted octanol–water partition coefficient (Wildman–Crippen LogP) is 4.28. The van der Waals surface area contributed by atoms with Crippen molar-refractivity contribution in [2.75, 3.05) is 36.4 Å². The number of dihydropyridines is 1. The molecule has 0 radical (unpaired) electrons. The lowest BCUT2D eigenvalue weighted by atomic mass is 9.89. The fourth-order valence-corrected chi connectivity index (χ4v) is 4.39. The first-order chi connectivity index (χ1) is 13.1. The number of piperidine rings is 1. The Balaban J connectivity index is 1.50. The molecular weight excluding hydrogens is 332 g/mol. The van der Waals surface area contributed by atoms with Crippen LogP contribution in [0.15, 0.2) is 71.2 Å². The second-order valence-electron chi connectivity index (χ2n) is 7.69. The first-order valence-electron chi connectivity index (χ1n) is 10.0. The van der Waals surface area contributed by atoms with Crippen LogP contribution < -0.4 is 20.9 Å². The Bertz CT molecular complexity index is 807. The molecule has 3 N–H and O–H groups in total. The fraction of sp³-hybridized carbons (Fsp3) is 0.391. The molecule has 0 spiro atoms. The van der Waals surface area contributed by atoms with Gasteiger partial charge in [-0.3, -0.25) is 0 Å². The molecule has 0 bridgehead atoms. The van der Waals surface area contributed by atoms with Gasteiger partial charge in [-0.05, 0) is 74.6 Å². The zero-order valence-corrected chi connectivity index (χ0v) is 16.3. The molecule has 1 aromatic carbocycles. The molecule has 27 heavy (non-hydrogen) atoms. The summed E-state index contributed by atoms with van der Waals surface area (Å²) in [6, 6.07) is 8.73. The van der Waals surface area contributed by atoms with E-state index >= 15 is 0 Å². The van der Waals surface area contributed by atoms with Crippen molar-refractivity contribution in [1.82, 2.24) is 10.6 Å². The van der Waals surface area contributed by atoms with Crippen LogP contribution in [0.4, 0.5) is 11.4 Å². The highest BCUT2D eigenvalue weighted by molar-refractivity contribution is 5.65. The SMILES string of the molecule is C=C1NC2=C(CCNC2)C(C)=C1C(=C)Nc1ccc(N2CCCCC2)cc1. The van der Waals surface area contributed by atoms with Gasteiger partial charge in [-0.1, -0.05) is 13.2 Å². The van der Waals surface area contributed by atoms with E-state index in [2.05, 4.69) is 65.2 Å². The molecule has 142 valence electrons. The van der Waals surface area contributed by atoms with Gasteiger partial charge in [0.2, 0.25) is 0 Å². The normalized spacial score (nSPS) is 20.3. The van der Waals surface area contributed by atoms with Crippen molar-refractivity contribution in [2.24, 2.45) is 0 Å². The maximum atomic E-state index is 4.31. The predicted molar refractivity (Wildman–Crippen MR) is 115 cm³/mol. The van der Waals surface area contributed by atoms with E-state index in [4.69, 9.17) is 0 Å². The standard InChI is InChI=1S/C23H30N4/c1-16-21-11-12-24-15-22(21)26-18(3)23(16)17(2)25-19-7-9-20(10-8-19)27-13-5-4-6-14-27/h7-10,24-26H,2-6,11-15H2,1H3. The van der Waals surface area contributed by atoms with Gasteiger partial charge >= 0.3 is 0 Å². The molecule has 3 heterocycles. The van der Waals surface area contributed by atoms with Crippen molar-refractivity contribution >= 4 is 11.4 Å². The van der Waals surface area contributed by atoms with Crippen LogP contribution in [-0.2, 0) is 0 Å². The third kappa shape index (κ3) is 3.67. The zero-order chi connectivity index (χ0) is 18.8. The van der Waals surface area contributed by atoms with Gasteiger partial charge in [-0.2, -0.15) is 0 Å². The van der Waals surface area contributed by atoms with Gasteiger partial charge in [0.1, 0.15) is 0 Å². The second-order valence-corrected chi connectivity index (χ2v) is 7.69.